The van der Waals surface area contributed by atoms with Gasteiger partial charge in [0.1, 0.15) is 17.3 Å². The summed E-state index contributed by atoms with van der Waals surface area (Å²) in [5.74, 6) is -0.872. The summed E-state index contributed by atoms with van der Waals surface area (Å²) in [6.45, 7) is 0. The summed E-state index contributed by atoms with van der Waals surface area (Å²) in [7, 11) is 0. The molecule has 3 nitrogen and oxygen atoms in total. The summed E-state index contributed by atoms with van der Waals surface area (Å²) in [5, 5.41) is 8.87. The smallest absolute Gasteiger partial charge is 0.337 e. The molecule has 2 aromatic carbocycles. The first-order valence-corrected chi connectivity index (χ1v) is 5.40. The highest BCUT2D eigenvalue weighted by Gasteiger charge is 2.09. The van der Waals surface area contributed by atoms with Crippen LogP contribution in [0.2, 0.25) is 5.02 Å². The molecule has 2 aromatic rings. The zero-order valence-corrected chi connectivity index (χ0v) is 9.82. The molecule has 0 aliphatic rings. The molecule has 0 aliphatic heterocycles. The highest BCUT2D eigenvalue weighted by Crippen LogP contribution is 2.27. The zero-order valence-electron chi connectivity index (χ0n) is 9.06. The van der Waals surface area contributed by atoms with Crippen LogP contribution in [0.3, 0.4) is 0 Å². The SMILES string of the molecule is O=C(O)c1ccc(Oc2cccc(F)c2)cc1Cl. The van der Waals surface area contributed by atoms with Crippen LogP contribution >= 0.6 is 11.6 Å². The van der Waals surface area contributed by atoms with Gasteiger partial charge in [-0.1, -0.05) is 17.7 Å². The number of carbonyl (C=O) groups is 1. The van der Waals surface area contributed by atoms with E-state index in [0.29, 0.717) is 11.5 Å². The molecular weight excluding hydrogens is 259 g/mol. The van der Waals surface area contributed by atoms with Crippen molar-refractivity contribution in [2.45, 2.75) is 0 Å². The third kappa shape index (κ3) is 2.78. The number of rotatable bonds is 3. The van der Waals surface area contributed by atoms with E-state index in [-0.39, 0.29) is 10.6 Å². The molecule has 2 rings (SSSR count). The number of carboxylic acids is 1. The lowest BCUT2D eigenvalue weighted by Gasteiger charge is -2.07. The van der Waals surface area contributed by atoms with Gasteiger partial charge in [0.25, 0.3) is 0 Å². The van der Waals surface area contributed by atoms with E-state index in [4.69, 9.17) is 21.4 Å². The zero-order chi connectivity index (χ0) is 13.1. The second-order valence-electron chi connectivity index (χ2n) is 3.51. The molecular formula is C13H8ClFO3. The van der Waals surface area contributed by atoms with Gasteiger partial charge in [-0.25, -0.2) is 9.18 Å². The second-order valence-corrected chi connectivity index (χ2v) is 3.91. The molecule has 0 atom stereocenters. The van der Waals surface area contributed by atoms with Crippen molar-refractivity contribution in [2.75, 3.05) is 0 Å². The first-order chi connectivity index (χ1) is 8.56. The number of hydrogen-bond acceptors (Lipinski definition) is 2. The summed E-state index contributed by atoms with van der Waals surface area (Å²) in [5.41, 5.74) is -0.0109. The summed E-state index contributed by atoms with van der Waals surface area (Å²) < 4.78 is 18.3. The summed E-state index contributed by atoms with van der Waals surface area (Å²) in [6, 6.07) is 9.78. The summed E-state index contributed by atoms with van der Waals surface area (Å²) in [6.07, 6.45) is 0. The second kappa shape index (κ2) is 5.06. The van der Waals surface area contributed by atoms with Crippen LogP contribution in [0.4, 0.5) is 4.39 Å². The van der Waals surface area contributed by atoms with Crippen molar-refractivity contribution in [3.8, 4) is 11.5 Å². The fourth-order valence-corrected chi connectivity index (χ4v) is 1.65. The lowest BCUT2D eigenvalue weighted by Crippen LogP contribution is -1.97. The molecule has 0 saturated carbocycles. The van der Waals surface area contributed by atoms with Gasteiger partial charge in [0.05, 0.1) is 10.6 Å². The molecule has 0 aliphatic carbocycles. The summed E-state index contributed by atoms with van der Waals surface area (Å²) >= 11 is 5.79. The average Bonchev–Trinajstić information content (AvgIpc) is 2.28. The first-order valence-electron chi connectivity index (χ1n) is 5.02. The van der Waals surface area contributed by atoms with E-state index in [2.05, 4.69) is 0 Å². The molecule has 92 valence electrons. The van der Waals surface area contributed by atoms with Crippen LogP contribution < -0.4 is 4.74 Å². The van der Waals surface area contributed by atoms with Gasteiger partial charge >= 0.3 is 5.97 Å². The fraction of sp³-hybridized carbons (Fsp3) is 0. The Hall–Kier alpha value is -2.07. The van der Waals surface area contributed by atoms with Crippen LogP contribution in [0.5, 0.6) is 11.5 Å². The molecule has 0 heterocycles. The Morgan fingerprint density at radius 1 is 1.17 bits per heavy atom. The van der Waals surface area contributed by atoms with Crippen molar-refractivity contribution in [3.63, 3.8) is 0 Å². The molecule has 0 unspecified atom stereocenters. The predicted octanol–water partition coefficient (Wildman–Crippen LogP) is 3.97. The van der Waals surface area contributed by atoms with Crippen LogP contribution in [0.1, 0.15) is 10.4 Å². The third-order valence-corrected chi connectivity index (χ3v) is 2.52. The Kier molecular flexibility index (Phi) is 3.48. The minimum atomic E-state index is -1.11. The Balaban J connectivity index is 2.25. The maximum Gasteiger partial charge on any atom is 0.337 e. The topological polar surface area (TPSA) is 46.5 Å². The highest BCUT2D eigenvalue weighted by molar-refractivity contribution is 6.33. The molecule has 0 spiro atoms. The van der Waals surface area contributed by atoms with Crippen molar-refractivity contribution in [3.05, 3.63) is 58.9 Å². The first kappa shape index (κ1) is 12.4. The van der Waals surface area contributed by atoms with Gasteiger partial charge in [0.2, 0.25) is 0 Å². The molecule has 0 aromatic heterocycles. The maximum absolute atomic E-state index is 12.9. The summed E-state index contributed by atoms with van der Waals surface area (Å²) in [4.78, 5) is 10.8. The normalized spacial score (nSPS) is 10.1. The van der Waals surface area contributed by atoms with E-state index < -0.39 is 11.8 Å². The van der Waals surface area contributed by atoms with Gasteiger partial charge in [-0.05, 0) is 24.3 Å². The minimum absolute atomic E-state index is 0.0109. The Morgan fingerprint density at radius 2 is 1.89 bits per heavy atom. The molecule has 0 amide bonds. The Labute approximate surface area is 107 Å². The largest absolute Gasteiger partial charge is 0.478 e. The van der Waals surface area contributed by atoms with Gasteiger partial charge in [0.15, 0.2) is 0 Å². The standard InChI is InChI=1S/C13H8ClFO3/c14-12-7-10(4-5-11(12)13(16)17)18-9-3-1-2-8(15)6-9/h1-7H,(H,16,17). The third-order valence-electron chi connectivity index (χ3n) is 2.20. The molecule has 0 fully saturated rings. The highest BCUT2D eigenvalue weighted by atomic mass is 35.5. The van der Waals surface area contributed by atoms with Crippen LogP contribution in [-0.4, -0.2) is 11.1 Å². The molecule has 0 radical (unpaired) electrons. The van der Waals surface area contributed by atoms with Gasteiger partial charge in [0, 0.05) is 12.1 Å². The molecule has 18 heavy (non-hydrogen) atoms. The fourth-order valence-electron chi connectivity index (χ4n) is 1.40. The Bertz CT molecular complexity index is 599. The number of hydrogen-bond donors (Lipinski definition) is 1. The van der Waals surface area contributed by atoms with E-state index in [9.17, 15) is 9.18 Å². The van der Waals surface area contributed by atoms with E-state index >= 15 is 0 Å². The number of benzene rings is 2. The van der Waals surface area contributed by atoms with Crippen LogP contribution in [0, 0.1) is 5.82 Å². The monoisotopic (exact) mass is 266 g/mol. The van der Waals surface area contributed by atoms with E-state index in [1.165, 1.54) is 36.4 Å². The molecule has 0 saturated heterocycles. The maximum atomic E-state index is 12.9. The quantitative estimate of drug-likeness (QED) is 0.914. The van der Waals surface area contributed by atoms with E-state index in [1.54, 1.807) is 6.07 Å². The average molecular weight is 267 g/mol. The number of ether oxygens (including phenoxy) is 1. The van der Waals surface area contributed by atoms with Gasteiger partial charge in [-0.15, -0.1) is 0 Å². The molecule has 5 heteroatoms. The van der Waals surface area contributed by atoms with Crippen molar-refractivity contribution in [1.29, 1.82) is 0 Å². The van der Waals surface area contributed by atoms with Gasteiger partial charge in [-0.2, -0.15) is 0 Å². The predicted molar refractivity (Wildman–Crippen MR) is 64.9 cm³/mol. The minimum Gasteiger partial charge on any atom is -0.478 e. The van der Waals surface area contributed by atoms with Crippen molar-refractivity contribution in [2.24, 2.45) is 0 Å². The van der Waals surface area contributed by atoms with Crippen molar-refractivity contribution >= 4 is 17.6 Å². The van der Waals surface area contributed by atoms with E-state index in [1.807, 2.05) is 0 Å². The van der Waals surface area contributed by atoms with E-state index in [0.717, 1.165) is 0 Å². The van der Waals surface area contributed by atoms with Crippen molar-refractivity contribution in [1.82, 2.24) is 0 Å². The van der Waals surface area contributed by atoms with Gasteiger partial charge in [-0.3, -0.25) is 0 Å². The molecule has 0 bridgehead atoms. The van der Waals surface area contributed by atoms with Crippen LogP contribution in [0.25, 0.3) is 0 Å². The lowest BCUT2D eigenvalue weighted by atomic mass is 10.2. The van der Waals surface area contributed by atoms with Crippen LogP contribution in [0.15, 0.2) is 42.5 Å². The Morgan fingerprint density at radius 3 is 2.50 bits per heavy atom. The number of carboxylic acid groups (broad SMARTS) is 1. The van der Waals surface area contributed by atoms with Crippen molar-refractivity contribution < 1.29 is 19.0 Å². The number of halogens is 2. The molecule has 1 N–H and O–H groups in total. The lowest BCUT2D eigenvalue weighted by molar-refractivity contribution is 0.0697. The number of aromatic carboxylic acids is 1. The van der Waals surface area contributed by atoms with Crippen LogP contribution in [-0.2, 0) is 0 Å². The van der Waals surface area contributed by atoms with Gasteiger partial charge < -0.3 is 9.84 Å².